The summed E-state index contributed by atoms with van der Waals surface area (Å²) in [6.45, 7) is 11.4. The van der Waals surface area contributed by atoms with Gasteiger partial charge in [-0.25, -0.2) is 0 Å². The fourth-order valence-corrected chi connectivity index (χ4v) is 2.11. The lowest BCUT2D eigenvalue weighted by Gasteiger charge is -2.25. The van der Waals surface area contributed by atoms with Crippen LogP contribution < -0.4 is 0 Å². The third kappa shape index (κ3) is 6.51. The van der Waals surface area contributed by atoms with Crippen molar-refractivity contribution in [2.75, 3.05) is 0 Å². The molecule has 3 atom stereocenters. The summed E-state index contributed by atoms with van der Waals surface area (Å²) >= 11 is 0. The van der Waals surface area contributed by atoms with Crippen LogP contribution in [-0.2, 0) is 0 Å². The van der Waals surface area contributed by atoms with Gasteiger partial charge in [-0.15, -0.1) is 0 Å². The van der Waals surface area contributed by atoms with E-state index in [1.54, 1.807) is 0 Å². The second-order valence-corrected chi connectivity index (χ2v) is 5.33. The van der Waals surface area contributed by atoms with Crippen LogP contribution in [0.25, 0.3) is 0 Å². The number of hydrogen-bond donors (Lipinski definition) is 0. The highest BCUT2D eigenvalue weighted by Gasteiger charge is 2.16. The van der Waals surface area contributed by atoms with Crippen molar-refractivity contribution >= 4 is 7.85 Å². The van der Waals surface area contributed by atoms with Gasteiger partial charge in [0.1, 0.15) is 0 Å². The van der Waals surface area contributed by atoms with E-state index in [4.69, 9.17) is 7.85 Å². The van der Waals surface area contributed by atoms with Crippen LogP contribution in [-0.4, -0.2) is 7.85 Å². The van der Waals surface area contributed by atoms with Crippen molar-refractivity contribution in [1.82, 2.24) is 0 Å². The van der Waals surface area contributed by atoms with E-state index in [9.17, 15) is 0 Å². The molecule has 0 heterocycles. The molecule has 0 aromatic rings. The highest BCUT2D eigenvalue weighted by atomic mass is 14.2. The molecule has 0 amide bonds. The van der Waals surface area contributed by atoms with Gasteiger partial charge in [-0.3, -0.25) is 0 Å². The summed E-state index contributed by atoms with van der Waals surface area (Å²) in [6.07, 6.45) is 5.19. The average molecular weight is 194 g/mol. The Kier molecular flexibility index (Phi) is 7.40. The van der Waals surface area contributed by atoms with Crippen molar-refractivity contribution < 1.29 is 0 Å². The Labute approximate surface area is 92.3 Å². The minimum atomic E-state index is 0.362. The predicted octanol–water partition coefficient (Wildman–Crippen LogP) is 4.45. The van der Waals surface area contributed by atoms with Crippen LogP contribution in [0.4, 0.5) is 0 Å². The molecule has 0 saturated heterocycles. The summed E-state index contributed by atoms with van der Waals surface area (Å²) in [5, 5.41) is 0. The Balaban J connectivity index is 3.84. The molecule has 0 bridgehead atoms. The quantitative estimate of drug-likeness (QED) is 0.525. The Morgan fingerprint density at radius 1 is 1.00 bits per heavy atom. The summed E-state index contributed by atoms with van der Waals surface area (Å²) < 4.78 is 0. The third-order valence-electron chi connectivity index (χ3n) is 3.20. The highest BCUT2D eigenvalue weighted by Crippen LogP contribution is 2.28. The summed E-state index contributed by atoms with van der Waals surface area (Å²) in [4.78, 5) is 0. The molecule has 0 rings (SSSR count). The summed E-state index contributed by atoms with van der Waals surface area (Å²) in [5.41, 5.74) is 0. The first kappa shape index (κ1) is 14.1. The molecule has 0 aliphatic heterocycles. The Hall–Kier alpha value is 0.0649. The topological polar surface area (TPSA) is 0 Å². The maximum atomic E-state index is 5.86. The van der Waals surface area contributed by atoms with Crippen molar-refractivity contribution in [2.24, 2.45) is 17.8 Å². The molecule has 0 aliphatic carbocycles. The zero-order valence-corrected chi connectivity index (χ0v) is 10.7. The second kappa shape index (κ2) is 7.37. The van der Waals surface area contributed by atoms with E-state index < -0.39 is 0 Å². The van der Waals surface area contributed by atoms with Crippen LogP contribution in [0.1, 0.15) is 60.3 Å². The van der Waals surface area contributed by atoms with E-state index in [1.807, 2.05) is 0 Å². The van der Waals surface area contributed by atoms with Crippen LogP contribution in [0.5, 0.6) is 0 Å². The molecule has 14 heavy (non-hydrogen) atoms. The van der Waals surface area contributed by atoms with Crippen LogP contribution >= 0.6 is 0 Å². The van der Waals surface area contributed by atoms with Crippen molar-refractivity contribution in [3.8, 4) is 0 Å². The van der Waals surface area contributed by atoms with Gasteiger partial charge >= 0.3 is 0 Å². The lowest BCUT2D eigenvalue weighted by atomic mass is 9.75. The van der Waals surface area contributed by atoms with Crippen molar-refractivity contribution in [3.63, 3.8) is 0 Å². The molecule has 2 radical (unpaired) electrons. The fraction of sp³-hybridized carbons (Fsp3) is 1.00. The van der Waals surface area contributed by atoms with E-state index >= 15 is 0 Å². The summed E-state index contributed by atoms with van der Waals surface area (Å²) in [6, 6.07) is 0. The van der Waals surface area contributed by atoms with E-state index in [-0.39, 0.29) is 0 Å². The average Bonchev–Trinajstić information content (AvgIpc) is 2.09. The molecule has 0 aromatic heterocycles. The first-order valence-electron chi connectivity index (χ1n) is 6.22. The van der Waals surface area contributed by atoms with Gasteiger partial charge in [0, 0.05) is 0 Å². The lowest BCUT2D eigenvalue weighted by Crippen LogP contribution is -2.13. The monoisotopic (exact) mass is 194 g/mol. The van der Waals surface area contributed by atoms with E-state index in [0.29, 0.717) is 5.82 Å². The lowest BCUT2D eigenvalue weighted by molar-refractivity contribution is 0.289. The molecule has 0 aromatic carbocycles. The van der Waals surface area contributed by atoms with Crippen LogP contribution in [0, 0.1) is 17.8 Å². The highest BCUT2D eigenvalue weighted by molar-refractivity contribution is 6.11. The SMILES string of the molecule is [B]C(C)CC(CC)C(C)CCC(C)C. The van der Waals surface area contributed by atoms with Crippen LogP contribution in [0.15, 0.2) is 0 Å². The number of rotatable bonds is 7. The molecule has 0 spiro atoms. The van der Waals surface area contributed by atoms with E-state index in [2.05, 4.69) is 34.6 Å². The molecule has 0 saturated carbocycles. The smallest absolute Gasteiger partial charge is 0.0695 e. The van der Waals surface area contributed by atoms with Crippen LogP contribution in [0.2, 0.25) is 5.82 Å². The Morgan fingerprint density at radius 3 is 1.93 bits per heavy atom. The Bertz CT molecular complexity index is 129. The zero-order chi connectivity index (χ0) is 11.1. The minimum absolute atomic E-state index is 0.362. The molecule has 0 N–H and O–H groups in total. The van der Waals surface area contributed by atoms with Gasteiger partial charge in [0.25, 0.3) is 0 Å². The number of hydrogen-bond acceptors (Lipinski definition) is 0. The second-order valence-electron chi connectivity index (χ2n) is 5.33. The normalized spacial score (nSPS) is 18.1. The van der Waals surface area contributed by atoms with Crippen LogP contribution in [0.3, 0.4) is 0 Å². The summed E-state index contributed by atoms with van der Waals surface area (Å²) in [5.74, 6) is 2.87. The van der Waals surface area contributed by atoms with E-state index in [1.165, 1.54) is 25.7 Å². The maximum absolute atomic E-state index is 5.86. The molecule has 0 nitrogen and oxygen atoms in total. The maximum Gasteiger partial charge on any atom is 0.0695 e. The van der Waals surface area contributed by atoms with Gasteiger partial charge in [0.15, 0.2) is 0 Å². The molecule has 0 aliphatic rings. The molecule has 1 heteroatoms. The molecule has 82 valence electrons. The first-order chi connectivity index (χ1) is 6.47. The van der Waals surface area contributed by atoms with Gasteiger partial charge < -0.3 is 0 Å². The first-order valence-corrected chi connectivity index (χ1v) is 6.22. The Morgan fingerprint density at radius 2 is 1.57 bits per heavy atom. The third-order valence-corrected chi connectivity index (χ3v) is 3.20. The van der Waals surface area contributed by atoms with Crippen molar-refractivity contribution in [3.05, 3.63) is 0 Å². The van der Waals surface area contributed by atoms with E-state index in [0.717, 1.165) is 17.8 Å². The molecule has 0 fully saturated rings. The minimum Gasteiger partial charge on any atom is -0.0799 e. The molecular formula is C13H27B. The summed E-state index contributed by atoms with van der Waals surface area (Å²) in [7, 11) is 5.86. The predicted molar refractivity (Wildman–Crippen MR) is 66.8 cm³/mol. The standard InChI is InChI=1S/C13H27B/c1-6-13(9-12(5)14)11(4)8-7-10(2)3/h10-13H,6-9H2,1-5H3. The van der Waals surface area contributed by atoms with Crippen molar-refractivity contribution in [1.29, 1.82) is 0 Å². The zero-order valence-electron chi connectivity index (χ0n) is 10.7. The molecule has 3 unspecified atom stereocenters. The van der Waals surface area contributed by atoms with Gasteiger partial charge in [-0.05, 0) is 17.8 Å². The van der Waals surface area contributed by atoms with Gasteiger partial charge in [0.2, 0.25) is 0 Å². The van der Waals surface area contributed by atoms with Gasteiger partial charge in [-0.2, -0.15) is 0 Å². The largest absolute Gasteiger partial charge is 0.0799 e. The van der Waals surface area contributed by atoms with Crippen molar-refractivity contribution in [2.45, 2.75) is 66.1 Å². The van der Waals surface area contributed by atoms with Gasteiger partial charge in [-0.1, -0.05) is 66.1 Å². The fourth-order valence-electron chi connectivity index (χ4n) is 2.11. The van der Waals surface area contributed by atoms with Gasteiger partial charge in [0.05, 0.1) is 7.85 Å². The molecular weight excluding hydrogens is 167 g/mol.